The first-order valence-corrected chi connectivity index (χ1v) is 19.0. The van der Waals surface area contributed by atoms with Crippen molar-refractivity contribution in [1.82, 2.24) is 0 Å². The van der Waals surface area contributed by atoms with E-state index in [0.29, 0.717) is 18.6 Å². The van der Waals surface area contributed by atoms with Crippen LogP contribution in [-0.2, 0) is 41.9 Å². The fourth-order valence-corrected chi connectivity index (χ4v) is 13.2. The number of nitrogens with zero attached hydrogens (tertiary/aromatic N) is 10. The Morgan fingerprint density at radius 3 is 1.63 bits per heavy atom. The molecule has 4 bridgehead atoms. The van der Waals surface area contributed by atoms with Crippen molar-refractivity contribution in [3.05, 3.63) is 79.5 Å². The standard InChI is InChI=1S/2C15H12F3N5O3S/c16-15(17,18)10-3-8(2-1-7(10)5-19)23-6-9-13-11(21-22-20)4-12(26-13)14(9)27(23,24)25;16-15(17,18)10-3-8(2-1-7(10)5-19)23-6-9-12-4-11(21-22-20)13(26-12)14(9)27(23,24)25/h2*1-3,9,11-14H,4,6H2/t9-,11+,12+,13+,14-;9-,11-,12-,13+,14-/m11/s1. The van der Waals surface area contributed by atoms with E-state index in [9.17, 15) is 43.2 Å². The van der Waals surface area contributed by atoms with Gasteiger partial charge in [-0.25, -0.2) is 16.8 Å². The molecule has 54 heavy (non-hydrogen) atoms. The molecule has 0 spiro atoms. The maximum atomic E-state index is 13.2. The van der Waals surface area contributed by atoms with E-state index in [1.54, 1.807) is 0 Å². The van der Waals surface area contributed by atoms with Crippen molar-refractivity contribution in [3.8, 4) is 12.1 Å². The van der Waals surface area contributed by atoms with E-state index in [2.05, 4.69) is 20.1 Å². The van der Waals surface area contributed by atoms with Gasteiger partial charge in [-0.1, -0.05) is 10.2 Å². The molecule has 6 aliphatic heterocycles. The number of sulfonamides is 2. The fraction of sp³-hybridized carbons (Fsp3) is 0.533. The zero-order valence-electron chi connectivity index (χ0n) is 27.1. The number of benzene rings is 2. The van der Waals surface area contributed by atoms with Crippen LogP contribution in [0.2, 0.25) is 0 Å². The molecule has 6 saturated heterocycles. The summed E-state index contributed by atoms with van der Waals surface area (Å²) < 4.78 is 144. The van der Waals surface area contributed by atoms with Crippen LogP contribution in [0.1, 0.15) is 35.1 Å². The maximum absolute atomic E-state index is 13.2. The quantitative estimate of drug-likeness (QED) is 0.174. The normalized spacial score (nSPS) is 33.4. The van der Waals surface area contributed by atoms with E-state index in [-0.39, 0.29) is 30.9 Å². The minimum Gasteiger partial charge on any atom is -0.373 e. The molecule has 0 saturated carbocycles. The second-order valence-electron chi connectivity index (χ2n) is 13.4. The van der Waals surface area contributed by atoms with Gasteiger partial charge in [-0.3, -0.25) is 8.61 Å². The lowest BCUT2D eigenvalue weighted by molar-refractivity contribution is -0.138. The molecule has 24 heteroatoms. The van der Waals surface area contributed by atoms with E-state index < -0.39 is 113 Å². The Bertz CT molecular complexity index is 2250. The SMILES string of the molecule is N#Cc1ccc(N2C[C@@H]3[C@@H]4O[C@@H](C[C@@H]4N=[N+]=[N-])[C@@H]3S2(=O)=O)cc1C(F)(F)F.N#Cc1ccc(N2C[C@H]3[C@H]([C@H]4O[C@@H]3C[C@H]4N=[N+]=[N-])S2(=O)=O)cc1C(F)(F)F. The molecule has 6 aliphatic rings. The highest BCUT2D eigenvalue weighted by Crippen LogP contribution is 2.52. The van der Waals surface area contributed by atoms with Crippen molar-refractivity contribution in [1.29, 1.82) is 10.5 Å². The first kappa shape index (κ1) is 37.4. The number of rotatable bonds is 4. The Hall–Kier alpha value is -4.96. The van der Waals surface area contributed by atoms with Gasteiger partial charge in [-0.2, -0.15) is 36.9 Å². The number of ether oxygens (including phenoxy) is 2. The number of hydrogen-bond acceptors (Lipinski definition) is 10. The van der Waals surface area contributed by atoms with Crippen LogP contribution < -0.4 is 8.61 Å². The molecule has 2 aromatic rings. The van der Waals surface area contributed by atoms with E-state index in [0.717, 1.165) is 20.7 Å². The van der Waals surface area contributed by atoms with Crippen LogP contribution in [0.3, 0.4) is 0 Å². The number of nitriles is 2. The number of alkyl halides is 6. The van der Waals surface area contributed by atoms with Crippen molar-refractivity contribution in [2.24, 2.45) is 22.1 Å². The maximum Gasteiger partial charge on any atom is 0.417 e. The minimum absolute atomic E-state index is 0.0135. The van der Waals surface area contributed by atoms with Gasteiger partial charge < -0.3 is 9.47 Å². The van der Waals surface area contributed by atoms with E-state index in [1.807, 2.05) is 0 Å². The summed E-state index contributed by atoms with van der Waals surface area (Å²) in [5.41, 5.74) is 13.5. The number of hydrogen-bond donors (Lipinski definition) is 0. The molecule has 6 fully saturated rings. The molecule has 0 radical (unpaired) electrons. The van der Waals surface area contributed by atoms with Crippen LogP contribution in [0.4, 0.5) is 37.7 Å². The second kappa shape index (κ2) is 12.8. The van der Waals surface area contributed by atoms with Crippen LogP contribution >= 0.6 is 0 Å². The lowest BCUT2D eigenvalue weighted by atomic mass is 9.85. The molecule has 284 valence electrons. The third-order valence-electron chi connectivity index (χ3n) is 10.7. The highest BCUT2D eigenvalue weighted by Gasteiger charge is 2.65. The Labute approximate surface area is 301 Å². The first-order chi connectivity index (χ1) is 25.4. The van der Waals surface area contributed by atoms with Crippen LogP contribution in [0.5, 0.6) is 0 Å². The van der Waals surface area contributed by atoms with Crippen molar-refractivity contribution >= 4 is 31.4 Å². The van der Waals surface area contributed by atoms with Gasteiger partial charge in [-0.05, 0) is 60.3 Å². The predicted molar refractivity (Wildman–Crippen MR) is 172 cm³/mol. The van der Waals surface area contributed by atoms with Gasteiger partial charge in [0.25, 0.3) is 0 Å². The van der Waals surface area contributed by atoms with Gasteiger partial charge >= 0.3 is 12.4 Å². The zero-order chi connectivity index (χ0) is 39.1. The lowest BCUT2D eigenvalue weighted by Gasteiger charge is -2.24. The molecular weight excluding hydrogens is 775 g/mol. The van der Waals surface area contributed by atoms with Crippen molar-refractivity contribution in [2.45, 2.75) is 72.2 Å². The fourth-order valence-electron chi connectivity index (χ4n) is 8.55. The van der Waals surface area contributed by atoms with E-state index >= 15 is 0 Å². The van der Waals surface area contributed by atoms with Gasteiger partial charge in [0.15, 0.2) is 0 Å². The average molecular weight is 799 g/mol. The summed E-state index contributed by atoms with van der Waals surface area (Å²) in [6.07, 6.45) is -11.3. The van der Waals surface area contributed by atoms with Crippen molar-refractivity contribution in [2.75, 3.05) is 21.7 Å². The summed E-state index contributed by atoms with van der Waals surface area (Å²) in [5.74, 6) is -0.899. The summed E-state index contributed by atoms with van der Waals surface area (Å²) >= 11 is 0. The number of anilines is 2. The molecule has 6 heterocycles. The van der Waals surface area contributed by atoms with Crippen LogP contribution in [0.15, 0.2) is 46.6 Å². The summed E-state index contributed by atoms with van der Waals surface area (Å²) in [4.78, 5) is 5.46. The third-order valence-corrected chi connectivity index (χ3v) is 15.3. The zero-order valence-corrected chi connectivity index (χ0v) is 28.7. The van der Waals surface area contributed by atoms with Crippen molar-refractivity contribution < 1.29 is 52.7 Å². The van der Waals surface area contributed by atoms with Gasteiger partial charge in [-0.15, -0.1) is 0 Å². The second-order valence-corrected chi connectivity index (χ2v) is 17.4. The molecule has 0 unspecified atom stereocenters. The third kappa shape index (κ3) is 5.81. The van der Waals surface area contributed by atoms with Gasteiger partial charge in [0, 0.05) is 34.7 Å². The van der Waals surface area contributed by atoms with Crippen LogP contribution in [0, 0.1) is 34.5 Å². The molecule has 10 atom stereocenters. The monoisotopic (exact) mass is 798 g/mol. The topological polar surface area (TPSA) is 238 Å². The van der Waals surface area contributed by atoms with Crippen LogP contribution in [0.25, 0.3) is 20.9 Å². The summed E-state index contributed by atoms with van der Waals surface area (Å²) in [6, 6.07) is 7.54. The Balaban J connectivity index is 0.000000167. The average Bonchev–Trinajstić information content (AvgIpc) is 3.94. The smallest absolute Gasteiger partial charge is 0.373 e. The molecule has 2 aromatic carbocycles. The molecule has 0 N–H and O–H groups in total. The highest BCUT2D eigenvalue weighted by atomic mass is 32.2. The largest absolute Gasteiger partial charge is 0.417 e. The Morgan fingerprint density at radius 2 is 1.15 bits per heavy atom. The molecule has 0 amide bonds. The molecule has 16 nitrogen and oxygen atoms in total. The van der Waals surface area contributed by atoms with E-state index in [4.69, 9.17) is 31.1 Å². The molecular formula is C30H24F6N10O6S2. The number of halogens is 6. The van der Waals surface area contributed by atoms with E-state index in [1.165, 1.54) is 24.3 Å². The highest BCUT2D eigenvalue weighted by molar-refractivity contribution is 7.94. The van der Waals surface area contributed by atoms with Gasteiger partial charge in [0.05, 0.1) is 82.3 Å². The predicted octanol–water partition coefficient (Wildman–Crippen LogP) is 5.12. The van der Waals surface area contributed by atoms with Crippen molar-refractivity contribution in [3.63, 3.8) is 0 Å². The lowest BCUT2D eigenvalue weighted by Crippen LogP contribution is -2.42. The Kier molecular flexibility index (Phi) is 8.87. The number of azide groups is 2. The first-order valence-electron chi connectivity index (χ1n) is 16.0. The van der Waals surface area contributed by atoms with Gasteiger partial charge in [0.1, 0.15) is 10.5 Å². The summed E-state index contributed by atoms with van der Waals surface area (Å²) in [6.45, 7) is -0.0742. The summed E-state index contributed by atoms with van der Waals surface area (Å²) in [7, 11) is -7.95. The minimum atomic E-state index is -4.78. The number of fused-ring (bicyclic) bond motifs is 10. The molecule has 0 aromatic heterocycles. The molecule has 8 rings (SSSR count). The van der Waals surface area contributed by atoms with Gasteiger partial charge in [0.2, 0.25) is 20.0 Å². The molecule has 0 aliphatic carbocycles. The Morgan fingerprint density at radius 1 is 0.704 bits per heavy atom. The van der Waals surface area contributed by atoms with Crippen LogP contribution in [-0.4, -0.2) is 76.9 Å². The summed E-state index contributed by atoms with van der Waals surface area (Å²) in [5, 5.41) is 23.2.